The molecule has 3 heteroatoms. The molecule has 0 amide bonds. The smallest absolute Gasteiger partial charge is 0.238 e. The van der Waals surface area contributed by atoms with Gasteiger partial charge in [0.05, 0.1) is 7.11 Å². The van der Waals surface area contributed by atoms with Crippen molar-refractivity contribution in [2.24, 2.45) is 0 Å². The van der Waals surface area contributed by atoms with Crippen LogP contribution in [0.5, 0.6) is 5.88 Å². The average molecular weight is 306 g/mol. The molecule has 0 aliphatic heterocycles. The highest BCUT2D eigenvalue weighted by Gasteiger charge is 2.42. The van der Waals surface area contributed by atoms with Gasteiger partial charge in [0.15, 0.2) is 0 Å². The molecule has 3 aromatic rings. The van der Waals surface area contributed by atoms with Crippen molar-refractivity contribution in [2.45, 2.75) is 38.0 Å². The number of nitrogens with one attached hydrogen (secondary N) is 1. The van der Waals surface area contributed by atoms with Crippen molar-refractivity contribution >= 4 is 10.9 Å². The summed E-state index contributed by atoms with van der Waals surface area (Å²) in [4.78, 5) is 7.69. The van der Waals surface area contributed by atoms with Gasteiger partial charge in [-0.3, -0.25) is 0 Å². The minimum atomic E-state index is 0.136. The van der Waals surface area contributed by atoms with Gasteiger partial charge in [-0.1, -0.05) is 37.6 Å². The Hall–Kier alpha value is -2.29. The fourth-order valence-corrected chi connectivity index (χ4v) is 3.88. The molecule has 1 aliphatic carbocycles. The van der Waals surface area contributed by atoms with Crippen molar-refractivity contribution in [2.75, 3.05) is 7.11 Å². The van der Waals surface area contributed by atoms with Crippen LogP contribution in [-0.4, -0.2) is 17.1 Å². The molecule has 1 aliphatic rings. The zero-order valence-corrected chi connectivity index (χ0v) is 13.7. The number of benzene rings is 1. The first-order valence-electron chi connectivity index (χ1n) is 8.38. The minimum absolute atomic E-state index is 0.136. The molecule has 1 N–H and O–H groups in total. The summed E-state index contributed by atoms with van der Waals surface area (Å²) < 4.78 is 5.40. The van der Waals surface area contributed by atoms with Crippen LogP contribution in [0.2, 0.25) is 0 Å². The third-order valence-corrected chi connectivity index (χ3v) is 5.40. The molecule has 1 saturated carbocycles. The van der Waals surface area contributed by atoms with E-state index in [4.69, 9.17) is 4.74 Å². The van der Waals surface area contributed by atoms with Gasteiger partial charge in [0.2, 0.25) is 5.88 Å². The third kappa shape index (κ3) is 2.07. The first kappa shape index (κ1) is 14.3. The molecule has 2 heterocycles. The molecule has 2 aromatic heterocycles. The van der Waals surface area contributed by atoms with E-state index in [0.29, 0.717) is 5.88 Å². The van der Waals surface area contributed by atoms with Crippen molar-refractivity contribution in [3.05, 3.63) is 59.4 Å². The molecule has 0 spiro atoms. The molecule has 0 bridgehead atoms. The quantitative estimate of drug-likeness (QED) is 0.764. The Kier molecular flexibility index (Phi) is 3.37. The molecule has 0 saturated heterocycles. The Morgan fingerprint density at radius 1 is 1.17 bits per heavy atom. The van der Waals surface area contributed by atoms with E-state index in [-0.39, 0.29) is 5.41 Å². The number of ether oxygens (including phenoxy) is 1. The van der Waals surface area contributed by atoms with E-state index in [2.05, 4.69) is 53.4 Å². The summed E-state index contributed by atoms with van der Waals surface area (Å²) in [5.41, 5.74) is 5.34. The number of hydrogen-bond donors (Lipinski definition) is 1. The fraction of sp³-hybridized carbons (Fsp3) is 0.350. The van der Waals surface area contributed by atoms with Gasteiger partial charge in [0.25, 0.3) is 0 Å². The highest BCUT2D eigenvalue weighted by atomic mass is 16.5. The van der Waals surface area contributed by atoms with E-state index in [9.17, 15) is 0 Å². The van der Waals surface area contributed by atoms with Crippen molar-refractivity contribution in [3.8, 4) is 5.88 Å². The number of aryl methyl sites for hydroxylation is 1. The molecule has 0 atom stereocenters. The van der Waals surface area contributed by atoms with E-state index in [1.54, 1.807) is 7.11 Å². The number of nitrogens with zero attached hydrogens (tertiary/aromatic N) is 1. The zero-order valence-electron chi connectivity index (χ0n) is 13.7. The maximum Gasteiger partial charge on any atom is 0.238 e. The molecule has 1 fully saturated rings. The van der Waals surface area contributed by atoms with Crippen LogP contribution in [0.15, 0.2) is 42.7 Å². The Labute approximate surface area is 136 Å². The average Bonchev–Trinajstić information content (AvgIpc) is 2.99. The van der Waals surface area contributed by atoms with Crippen molar-refractivity contribution in [1.82, 2.24) is 9.97 Å². The van der Waals surface area contributed by atoms with Crippen LogP contribution in [-0.2, 0) is 11.8 Å². The Morgan fingerprint density at radius 3 is 2.57 bits per heavy atom. The number of fused-ring (bicyclic) bond motifs is 1. The van der Waals surface area contributed by atoms with Gasteiger partial charge in [-0.15, -0.1) is 0 Å². The van der Waals surface area contributed by atoms with Gasteiger partial charge in [0, 0.05) is 23.2 Å². The molecular weight excluding hydrogens is 284 g/mol. The van der Waals surface area contributed by atoms with E-state index < -0.39 is 0 Å². The van der Waals surface area contributed by atoms with Crippen LogP contribution in [0, 0.1) is 0 Å². The van der Waals surface area contributed by atoms with E-state index >= 15 is 0 Å². The maximum absolute atomic E-state index is 5.40. The van der Waals surface area contributed by atoms with Crippen molar-refractivity contribution in [3.63, 3.8) is 0 Å². The normalized spacial score (nSPS) is 16.3. The number of methoxy groups -OCH3 is 1. The summed E-state index contributed by atoms with van der Waals surface area (Å²) in [5.74, 6) is 0.671. The van der Waals surface area contributed by atoms with Crippen molar-refractivity contribution in [1.29, 1.82) is 0 Å². The lowest BCUT2D eigenvalue weighted by Crippen LogP contribution is -2.35. The molecular formula is C20H22N2O. The van der Waals surface area contributed by atoms with Crippen LogP contribution in [0.3, 0.4) is 0 Å². The monoisotopic (exact) mass is 306 g/mol. The number of H-pyrrole nitrogens is 1. The predicted molar refractivity (Wildman–Crippen MR) is 93.1 cm³/mol. The second-order valence-corrected chi connectivity index (χ2v) is 6.43. The largest absolute Gasteiger partial charge is 0.479 e. The fourth-order valence-electron chi connectivity index (χ4n) is 3.88. The second kappa shape index (κ2) is 5.41. The number of aromatic nitrogens is 2. The minimum Gasteiger partial charge on any atom is -0.479 e. The number of aromatic amines is 1. The summed E-state index contributed by atoms with van der Waals surface area (Å²) in [5, 5.41) is 1.23. The lowest BCUT2D eigenvalue weighted by molar-refractivity contribution is 0.304. The molecule has 1 aromatic carbocycles. The maximum atomic E-state index is 5.40. The van der Waals surface area contributed by atoms with Gasteiger partial charge in [-0.2, -0.15) is 0 Å². The predicted octanol–water partition coefficient (Wildman–Crippen LogP) is 4.60. The van der Waals surface area contributed by atoms with Crippen molar-refractivity contribution < 1.29 is 4.74 Å². The first-order valence-corrected chi connectivity index (χ1v) is 8.38. The van der Waals surface area contributed by atoms with Gasteiger partial charge in [-0.05, 0) is 42.0 Å². The Bertz CT molecular complexity index is 828. The van der Waals surface area contributed by atoms with E-state index in [1.807, 2.05) is 6.20 Å². The molecule has 118 valence electrons. The van der Waals surface area contributed by atoms with Gasteiger partial charge in [0.1, 0.15) is 5.52 Å². The second-order valence-electron chi connectivity index (χ2n) is 6.43. The van der Waals surface area contributed by atoms with Crippen LogP contribution < -0.4 is 4.74 Å². The first-order chi connectivity index (χ1) is 11.3. The summed E-state index contributed by atoms with van der Waals surface area (Å²) >= 11 is 0. The van der Waals surface area contributed by atoms with Crippen LogP contribution in [0.4, 0.5) is 0 Å². The molecule has 0 radical (unpaired) electrons. The van der Waals surface area contributed by atoms with Crippen LogP contribution in [0.25, 0.3) is 10.9 Å². The van der Waals surface area contributed by atoms with E-state index in [0.717, 1.165) is 11.9 Å². The lowest BCUT2D eigenvalue weighted by Gasteiger charge is -2.42. The summed E-state index contributed by atoms with van der Waals surface area (Å²) in [6, 6.07) is 11.3. The number of hydrogen-bond acceptors (Lipinski definition) is 2. The lowest BCUT2D eigenvalue weighted by atomic mass is 9.60. The van der Waals surface area contributed by atoms with Gasteiger partial charge >= 0.3 is 0 Å². The summed E-state index contributed by atoms with van der Waals surface area (Å²) in [6.45, 7) is 2.20. The number of pyridine rings is 1. The molecule has 23 heavy (non-hydrogen) atoms. The highest BCUT2D eigenvalue weighted by Crippen LogP contribution is 2.51. The van der Waals surface area contributed by atoms with Crippen LogP contribution >= 0.6 is 0 Å². The summed E-state index contributed by atoms with van der Waals surface area (Å²) in [7, 11) is 1.67. The van der Waals surface area contributed by atoms with Gasteiger partial charge < -0.3 is 9.72 Å². The highest BCUT2D eigenvalue weighted by molar-refractivity contribution is 5.88. The summed E-state index contributed by atoms with van der Waals surface area (Å²) in [6.07, 6.45) is 8.77. The molecule has 3 nitrogen and oxygen atoms in total. The van der Waals surface area contributed by atoms with Crippen LogP contribution in [0.1, 0.15) is 42.9 Å². The standard InChI is InChI=1S/C20H22N2O/c1-3-14-5-7-15(8-6-14)20(10-4-11-20)17-13-22-18-16(17)9-12-21-19(18)23-2/h5-9,12-13,22H,3-4,10-11H2,1-2H3. The Balaban J connectivity index is 1.86. The zero-order chi connectivity index (χ0) is 15.9. The Morgan fingerprint density at radius 2 is 1.96 bits per heavy atom. The van der Waals surface area contributed by atoms with Gasteiger partial charge in [-0.25, -0.2) is 4.98 Å². The molecule has 0 unspecified atom stereocenters. The number of rotatable bonds is 4. The topological polar surface area (TPSA) is 37.9 Å². The van der Waals surface area contributed by atoms with E-state index in [1.165, 1.54) is 41.3 Å². The molecule has 4 rings (SSSR count). The SMILES string of the molecule is CCc1ccc(C2(c3c[nH]c4c(OC)nccc34)CCC2)cc1. The third-order valence-electron chi connectivity index (χ3n) is 5.40.